The van der Waals surface area contributed by atoms with E-state index in [4.69, 9.17) is 24.5 Å². The normalized spacial score (nSPS) is 14.8. The molecule has 1 saturated heterocycles. The fourth-order valence-corrected chi connectivity index (χ4v) is 2.38. The van der Waals surface area contributed by atoms with E-state index < -0.39 is 11.9 Å². The summed E-state index contributed by atoms with van der Waals surface area (Å²) in [4.78, 5) is 33.8. The Labute approximate surface area is 153 Å². The van der Waals surface area contributed by atoms with Gasteiger partial charge in [-0.2, -0.15) is 0 Å². The molecule has 2 N–H and O–H groups in total. The van der Waals surface area contributed by atoms with Gasteiger partial charge < -0.3 is 24.7 Å². The number of piperazine rings is 1. The third kappa shape index (κ3) is 9.14. The van der Waals surface area contributed by atoms with Crippen LogP contribution in [0.1, 0.15) is 23.2 Å². The Morgan fingerprint density at radius 1 is 1.12 bits per heavy atom. The minimum absolute atomic E-state index is 0.667. The molecule has 1 fully saturated rings. The molecule has 0 saturated carbocycles. The molecule has 0 aliphatic carbocycles. The number of rotatable bonds is 7. The number of carbonyl (C=O) groups excluding carboxylic acids is 1. The van der Waals surface area contributed by atoms with Crippen LogP contribution in [0.3, 0.4) is 0 Å². The molecule has 1 aromatic carbocycles. The van der Waals surface area contributed by atoms with Crippen molar-refractivity contribution in [1.82, 2.24) is 9.80 Å². The predicted molar refractivity (Wildman–Crippen MR) is 95.8 cm³/mol. The van der Waals surface area contributed by atoms with Gasteiger partial charge in [0.1, 0.15) is 12.0 Å². The van der Waals surface area contributed by atoms with Crippen LogP contribution in [0.2, 0.25) is 0 Å². The Hall–Kier alpha value is -2.45. The van der Waals surface area contributed by atoms with E-state index in [-0.39, 0.29) is 0 Å². The van der Waals surface area contributed by atoms with Gasteiger partial charge in [-0.3, -0.25) is 4.79 Å². The molecule has 0 amide bonds. The lowest BCUT2D eigenvalue weighted by molar-refractivity contribution is -0.159. The number of likely N-dealkylation sites (N-methyl/N-ethyl adjacent to an activating group) is 1. The van der Waals surface area contributed by atoms with E-state index >= 15 is 0 Å². The molecule has 1 aliphatic heterocycles. The Balaban J connectivity index is 0.000000487. The molecule has 8 heteroatoms. The second kappa shape index (κ2) is 12.0. The van der Waals surface area contributed by atoms with Gasteiger partial charge in [0.05, 0.1) is 6.61 Å². The van der Waals surface area contributed by atoms with Gasteiger partial charge in [-0.1, -0.05) is 12.1 Å². The van der Waals surface area contributed by atoms with Crippen LogP contribution in [0.25, 0.3) is 0 Å². The summed E-state index contributed by atoms with van der Waals surface area (Å²) < 4.78 is 5.67. The minimum atomic E-state index is -1.82. The number of nitrogens with zero attached hydrogens (tertiary/aromatic N) is 2. The van der Waals surface area contributed by atoms with Crippen LogP contribution in [0.4, 0.5) is 0 Å². The zero-order valence-corrected chi connectivity index (χ0v) is 15.0. The average molecular weight is 366 g/mol. The van der Waals surface area contributed by atoms with Crippen molar-refractivity contribution in [3.8, 4) is 5.75 Å². The number of hydrogen-bond donors (Lipinski definition) is 2. The van der Waals surface area contributed by atoms with Crippen molar-refractivity contribution in [2.24, 2.45) is 0 Å². The van der Waals surface area contributed by atoms with Crippen molar-refractivity contribution in [3.05, 3.63) is 29.8 Å². The van der Waals surface area contributed by atoms with Crippen LogP contribution >= 0.6 is 0 Å². The number of benzene rings is 1. The topological polar surface area (TPSA) is 107 Å². The summed E-state index contributed by atoms with van der Waals surface area (Å²) in [7, 11) is 2.18. The van der Waals surface area contributed by atoms with E-state index in [1.165, 1.54) is 26.2 Å². The maximum atomic E-state index is 10.7. The van der Waals surface area contributed by atoms with E-state index in [2.05, 4.69) is 16.8 Å². The number of carboxylic acids is 2. The van der Waals surface area contributed by atoms with Gasteiger partial charge in [0.2, 0.25) is 0 Å². The fraction of sp³-hybridized carbons (Fsp3) is 0.500. The number of aliphatic carboxylic acids is 2. The third-order valence-corrected chi connectivity index (χ3v) is 3.91. The van der Waals surface area contributed by atoms with E-state index in [0.717, 1.165) is 38.0 Å². The van der Waals surface area contributed by atoms with Crippen molar-refractivity contribution >= 4 is 18.2 Å². The maximum absolute atomic E-state index is 10.7. The zero-order chi connectivity index (χ0) is 19.4. The highest BCUT2D eigenvalue weighted by atomic mass is 16.5. The van der Waals surface area contributed by atoms with Crippen LogP contribution < -0.4 is 4.74 Å². The van der Waals surface area contributed by atoms with E-state index in [0.29, 0.717) is 5.56 Å². The Morgan fingerprint density at radius 2 is 1.77 bits per heavy atom. The summed E-state index contributed by atoms with van der Waals surface area (Å²) in [6.07, 6.45) is 3.06. The van der Waals surface area contributed by atoms with Gasteiger partial charge in [-0.25, -0.2) is 9.59 Å². The highest BCUT2D eigenvalue weighted by Gasteiger charge is 2.12. The molecule has 0 atom stereocenters. The molecule has 0 radical (unpaired) electrons. The number of carbonyl (C=O) groups is 3. The molecular formula is C18H26N2O6. The van der Waals surface area contributed by atoms with Crippen LogP contribution in [0, 0.1) is 0 Å². The smallest absolute Gasteiger partial charge is 0.414 e. The first-order valence-corrected chi connectivity index (χ1v) is 8.47. The molecule has 2 rings (SSSR count). The lowest BCUT2D eigenvalue weighted by atomic mass is 10.2. The van der Waals surface area contributed by atoms with Crippen LogP contribution in [-0.2, 0) is 9.59 Å². The summed E-state index contributed by atoms with van der Waals surface area (Å²) in [6, 6.07) is 7.32. The van der Waals surface area contributed by atoms with Gasteiger partial charge in [-0.05, 0) is 38.6 Å². The second-order valence-electron chi connectivity index (χ2n) is 6.00. The number of hydrogen-bond acceptors (Lipinski definition) is 6. The molecule has 1 aliphatic rings. The largest absolute Gasteiger partial charge is 0.494 e. The lowest BCUT2D eigenvalue weighted by Gasteiger charge is -2.32. The molecule has 26 heavy (non-hydrogen) atoms. The summed E-state index contributed by atoms with van der Waals surface area (Å²) in [5.41, 5.74) is 0.667. The molecule has 0 unspecified atom stereocenters. The Kier molecular flexibility index (Phi) is 9.96. The summed E-state index contributed by atoms with van der Waals surface area (Å²) >= 11 is 0. The Morgan fingerprint density at radius 3 is 2.35 bits per heavy atom. The highest BCUT2D eigenvalue weighted by molar-refractivity contribution is 6.27. The molecule has 1 heterocycles. The average Bonchev–Trinajstić information content (AvgIpc) is 2.63. The van der Waals surface area contributed by atoms with Crippen molar-refractivity contribution in [2.75, 3.05) is 46.4 Å². The standard InChI is InChI=1S/C16H24N2O2.C2H2O4/c1-17-8-10-18(11-9-17)7-2-3-12-20-16-6-4-5-15(13-16)14-19;3-1(4)2(5)6/h4-6,13-14H,2-3,7-12H2,1H3;(H,3,4)(H,5,6). The molecule has 0 spiro atoms. The molecule has 8 nitrogen and oxygen atoms in total. The monoisotopic (exact) mass is 366 g/mol. The van der Waals surface area contributed by atoms with Crippen LogP contribution in [0.15, 0.2) is 24.3 Å². The van der Waals surface area contributed by atoms with Gasteiger partial charge in [0.15, 0.2) is 0 Å². The van der Waals surface area contributed by atoms with Crippen molar-refractivity contribution < 1.29 is 29.3 Å². The highest BCUT2D eigenvalue weighted by Crippen LogP contribution is 2.12. The van der Waals surface area contributed by atoms with Crippen molar-refractivity contribution in [1.29, 1.82) is 0 Å². The number of ether oxygens (including phenoxy) is 1. The van der Waals surface area contributed by atoms with E-state index in [1.807, 2.05) is 12.1 Å². The van der Waals surface area contributed by atoms with Crippen molar-refractivity contribution in [2.45, 2.75) is 12.8 Å². The third-order valence-electron chi connectivity index (χ3n) is 3.91. The molecule has 0 aromatic heterocycles. The van der Waals surface area contributed by atoms with Crippen molar-refractivity contribution in [3.63, 3.8) is 0 Å². The van der Waals surface area contributed by atoms with Crippen LogP contribution in [-0.4, -0.2) is 84.6 Å². The number of unbranched alkanes of at least 4 members (excludes halogenated alkanes) is 1. The van der Waals surface area contributed by atoms with Gasteiger partial charge in [0.25, 0.3) is 0 Å². The summed E-state index contributed by atoms with van der Waals surface area (Å²) in [6.45, 7) is 6.59. The van der Waals surface area contributed by atoms with Crippen LogP contribution in [0.5, 0.6) is 5.75 Å². The minimum Gasteiger partial charge on any atom is -0.494 e. The molecule has 0 bridgehead atoms. The first kappa shape index (κ1) is 21.6. The Bertz CT molecular complexity index is 573. The quantitative estimate of drug-likeness (QED) is 0.419. The number of carboxylic acid groups (broad SMARTS) is 2. The lowest BCUT2D eigenvalue weighted by Crippen LogP contribution is -2.44. The van der Waals surface area contributed by atoms with E-state index in [1.54, 1.807) is 12.1 Å². The first-order valence-electron chi connectivity index (χ1n) is 8.47. The predicted octanol–water partition coefficient (Wildman–Crippen LogP) is 1.06. The maximum Gasteiger partial charge on any atom is 0.414 e. The number of aldehydes is 1. The summed E-state index contributed by atoms with van der Waals surface area (Å²) in [5.74, 6) is -2.86. The fourth-order valence-electron chi connectivity index (χ4n) is 2.38. The zero-order valence-electron chi connectivity index (χ0n) is 15.0. The van der Waals surface area contributed by atoms with Gasteiger partial charge in [-0.15, -0.1) is 0 Å². The van der Waals surface area contributed by atoms with Gasteiger partial charge >= 0.3 is 11.9 Å². The molecule has 1 aromatic rings. The first-order chi connectivity index (χ1) is 12.4. The SMILES string of the molecule is CN1CCN(CCCCOc2cccc(C=O)c2)CC1.O=C(O)C(=O)O. The molecule has 144 valence electrons. The van der Waals surface area contributed by atoms with E-state index in [9.17, 15) is 4.79 Å². The summed E-state index contributed by atoms with van der Waals surface area (Å²) in [5, 5.41) is 14.8. The molecular weight excluding hydrogens is 340 g/mol. The van der Waals surface area contributed by atoms with Gasteiger partial charge in [0, 0.05) is 31.7 Å². The second-order valence-corrected chi connectivity index (χ2v) is 6.00.